The smallest absolute Gasteiger partial charge is 0.271 e. The summed E-state index contributed by atoms with van der Waals surface area (Å²) < 4.78 is 27.4. The number of nitrogens with one attached hydrogen (secondary N) is 2. The number of thiophene rings is 1. The number of rotatable bonds is 7. The van der Waals surface area contributed by atoms with E-state index in [0.29, 0.717) is 18.0 Å². The van der Waals surface area contributed by atoms with Crippen molar-refractivity contribution in [1.82, 2.24) is 5.32 Å². The van der Waals surface area contributed by atoms with Gasteiger partial charge in [-0.1, -0.05) is 24.6 Å². The van der Waals surface area contributed by atoms with Gasteiger partial charge in [0, 0.05) is 11.7 Å². The van der Waals surface area contributed by atoms with Crippen LogP contribution in [0.1, 0.15) is 38.2 Å². The second-order valence-electron chi connectivity index (χ2n) is 8.11. The predicted octanol–water partition coefficient (Wildman–Crippen LogP) is 4.03. The first-order chi connectivity index (χ1) is 13.4. The van der Waals surface area contributed by atoms with E-state index in [9.17, 15) is 13.2 Å². The highest BCUT2D eigenvalue weighted by Crippen LogP contribution is 2.49. The lowest BCUT2D eigenvalue weighted by atomic mass is 9.84. The zero-order chi connectivity index (χ0) is 19.7. The Kier molecular flexibility index (Phi) is 5.47. The molecule has 4 unspecified atom stereocenters. The molecule has 2 aliphatic rings. The fourth-order valence-corrected chi connectivity index (χ4v) is 6.87. The Morgan fingerprint density at radius 2 is 1.96 bits per heavy atom. The van der Waals surface area contributed by atoms with Gasteiger partial charge in [0.15, 0.2) is 0 Å². The van der Waals surface area contributed by atoms with Gasteiger partial charge in [-0.15, -0.1) is 11.3 Å². The Hall–Kier alpha value is -1.86. The summed E-state index contributed by atoms with van der Waals surface area (Å²) in [6.45, 7) is 2.13. The van der Waals surface area contributed by atoms with E-state index in [-0.39, 0.29) is 16.2 Å². The average Bonchev–Trinajstić information content (AvgIpc) is 3.41. The van der Waals surface area contributed by atoms with Gasteiger partial charge in [0.25, 0.3) is 10.0 Å². The summed E-state index contributed by atoms with van der Waals surface area (Å²) in [6, 6.07) is 10.5. The fraction of sp³-hybridized carbons (Fsp3) is 0.476. The summed E-state index contributed by atoms with van der Waals surface area (Å²) in [5.74, 6) is 2.31. The fourth-order valence-electron chi connectivity index (χ4n) is 4.82. The first kappa shape index (κ1) is 19.5. The molecule has 4 rings (SSSR count). The van der Waals surface area contributed by atoms with Crippen molar-refractivity contribution in [1.29, 1.82) is 0 Å². The maximum absolute atomic E-state index is 12.4. The molecule has 2 N–H and O–H groups in total. The highest BCUT2D eigenvalue weighted by molar-refractivity contribution is 7.94. The summed E-state index contributed by atoms with van der Waals surface area (Å²) in [6.07, 6.45) is 5.59. The molecule has 7 heteroatoms. The Morgan fingerprint density at radius 1 is 1.18 bits per heavy atom. The molecule has 2 aliphatic carbocycles. The molecule has 1 heterocycles. The third-order valence-corrected chi connectivity index (χ3v) is 8.93. The third kappa shape index (κ3) is 4.25. The van der Waals surface area contributed by atoms with Crippen molar-refractivity contribution in [3.63, 3.8) is 0 Å². The number of hydrogen-bond acceptors (Lipinski definition) is 4. The Morgan fingerprint density at radius 3 is 2.57 bits per heavy atom. The highest BCUT2D eigenvalue weighted by atomic mass is 32.2. The van der Waals surface area contributed by atoms with Crippen molar-refractivity contribution in [2.45, 2.75) is 49.3 Å². The molecule has 2 fully saturated rings. The van der Waals surface area contributed by atoms with Crippen LogP contribution in [0.15, 0.2) is 46.0 Å². The topological polar surface area (TPSA) is 75.3 Å². The Bertz CT molecular complexity index is 923. The number of hydrogen-bond donors (Lipinski definition) is 2. The molecule has 2 saturated carbocycles. The quantitative estimate of drug-likeness (QED) is 0.713. The van der Waals surface area contributed by atoms with Gasteiger partial charge in [0.2, 0.25) is 5.91 Å². The lowest BCUT2D eigenvalue weighted by molar-refractivity contribution is -0.121. The van der Waals surface area contributed by atoms with E-state index < -0.39 is 10.0 Å². The van der Waals surface area contributed by atoms with Gasteiger partial charge in [-0.2, -0.15) is 0 Å². The minimum absolute atomic E-state index is 0.0298. The molecule has 1 aromatic carbocycles. The van der Waals surface area contributed by atoms with E-state index in [2.05, 4.69) is 17.0 Å². The van der Waals surface area contributed by atoms with E-state index in [1.807, 2.05) is 0 Å². The van der Waals surface area contributed by atoms with Crippen molar-refractivity contribution >= 4 is 33.0 Å². The van der Waals surface area contributed by atoms with Gasteiger partial charge in [0.05, 0.1) is 6.42 Å². The number of carbonyl (C=O) groups excluding carboxylic acids is 1. The van der Waals surface area contributed by atoms with Crippen LogP contribution in [0.5, 0.6) is 0 Å². The molecule has 0 saturated heterocycles. The second kappa shape index (κ2) is 7.87. The molecule has 4 atom stereocenters. The predicted molar refractivity (Wildman–Crippen MR) is 112 cm³/mol. The van der Waals surface area contributed by atoms with Crippen LogP contribution in [-0.4, -0.2) is 20.4 Å². The van der Waals surface area contributed by atoms with Crippen molar-refractivity contribution in [2.24, 2.45) is 17.8 Å². The molecule has 0 spiro atoms. The molecule has 1 amide bonds. The van der Waals surface area contributed by atoms with Crippen LogP contribution >= 0.6 is 11.3 Å². The van der Waals surface area contributed by atoms with Crippen molar-refractivity contribution < 1.29 is 13.2 Å². The van der Waals surface area contributed by atoms with Gasteiger partial charge < -0.3 is 5.32 Å². The van der Waals surface area contributed by atoms with Crippen molar-refractivity contribution in [2.75, 3.05) is 4.72 Å². The first-order valence-corrected chi connectivity index (χ1v) is 12.2. The number of carbonyl (C=O) groups is 1. The van der Waals surface area contributed by atoms with Crippen LogP contribution in [0.3, 0.4) is 0 Å². The standard InChI is InChI=1S/C21H26N2O3S2/c1-14(19-12-16-4-7-17(19)11-16)22-20(24)13-15-5-8-18(9-6-15)23-28(25,26)21-3-2-10-27-21/h2-3,5-6,8-10,14,16-17,19,23H,4,7,11-13H2,1H3,(H,22,24). The third-order valence-electron chi connectivity index (χ3n) is 6.15. The lowest BCUT2D eigenvalue weighted by Crippen LogP contribution is -2.40. The molecule has 5 nitrogen and oxygen atoms in total. The molecule has 2 bridgehead atoms. The molecule has 2 aromatic rings. The number of anilines is 1. The van der Waals surface area contributed by atoms with Crippen LogP contribution in [0.4, 0.5) is 5.69 Å². The van der Waals surface area contributed by atoms with E-state index in [0.717, 1.165) is 17.4 Å². The first-order valence-electron chi connectivity index (χ1n) is 9.85. The molecule has 1 aromatic heterocycles. The summed E-state index contributed by atoms with van der Waals surface area (Å²) >= 11 is 1.18. The minimum atomic E-state index is -3.55. The largest absolute Gasteiger partial charge is 0.353 e. The second-order valence-corrected chi connectivity index (χ2v) is 11.0. The minimum Gasteiger partial charge on any atom is -0.353 e. The van der Waals surface area contributed by atoms with Gasteiger partial charge >= 0.3 is 0 Å². The van der Waals surface area contributed by atoms with E-state index in [1.54, 1.807) is 41.8 Å². The number of benzene rings is 1. The summed E-state index contributed by atoms with van der Waals surface area (Å²) in [5.41, 5.74) is 1.37. The highest BCUT2D eigenvalue weighted by Gasteiger charge is 2.42. The lowest BCUT2D eigenvalue weighted by Gasteiger charge is -2.28. The monoisotopic (exact) mass is 418 g/mol. The van der Waals surface area contributed by atoms with Crippen LogP contribution in [0.25, 0.3) is 0 Å². The Labute approximate surface area is 170 Å². The summed E-state index contributed by atoms with van der Waals surface area (Å²) in [4.78, 5) is 12.4. The Balaban J connectivity index is 1.31. The van der Waals surface area contributed by atoms with Gasteiger partial charge in [-0.05, 0) is 73.1 Å². The van der Waals surface area contributed by atoms with E-state index in [1.165, 1.54) is 37.0 Å². The van der Waals surface area contributed by atoms with Crippen LogP contribution in [0.2, 0.25) is 0 Å². The number of amides is 1. The van der Waals surface area contributed by atoms with Crippen LogP contribution in [0, 0.1) is 17.8 Å². The molecule has 0 aliphatic heterocycles. The zero-order valence-corrected chi connectivity index (χ0v) is 17.6. The zero-order valence-electron chi connectivity index (χ0n) is 15.9. The van der Waals surface area contributed by atoms with Gasteiger partial charge in [0.1, 0.15) is 4.21 Å². The summed E-state index contributed by atoms with van der Waals surface area (Å²) in [5, 5.41) is 4.91. The van der Waals surface area contributed by atoms with Gasteiger partial charge in [-0.25, -0.2) is 8.42 Å². The summed E-state index contributed by atoms with van der Waals surface area (Å²) in [7, 11) is -3.55. The maximum Gasteiger partial charge on any atom is 0.271 e. The van der Waals surface area contributed by atoms with E-state index in [4.69, 9.17) is 0 Å². The maximum atomic E-state index is 12.4. The average molecular weight is 419 g/mol. The van der Waals surface area contributed by atoms with Crippen LogP contribution < -0.4 is 10.0 Å². The number of fused-ring (bicyclic) bond motifs is 2. The molecule has 150 valence electrons. The molecule has 0 radical (unpaired) electrons. The molecular weight excluding hydrogens is 392 g/mol. The van der Waals surface area contributed by atoms with Crippen LogP contribution in [-0.2, 0) is 21.2 Å². The molecule has 28 heavy (non-hydrogen) atoms. The van der Waals surface area contributed by atoms with Crippen molar-refractivity contribution in [3.8, 4) is 0 Å². The van der Waals surface area contributed by atoms with Gasteiger partial charge in [-0.3, -0.25) is 9.52 Å². The number of sulfonamides is 1. The van der Waals surface area contributed by atoms with E-state index >= 15 is 0 Å². The van der Waals surface area contributed by atoms with Crippen molar-refractivity contribution in [3.05, 3.63) is 47.3 Å². The SMILES string of the molecule is CC(NC(=O)Cc1ccc(NS(=O)(=O)c2cccs2)cc1)C1CC2CCC1C2. The molecular formula is C21H26N2O3S2. The normalized spacial score (nSPS) is 24.8.